The normalized spacial score (nSPS) is 9.86. The highest BCUT2D eigenvalue weighted by Crippen LogP contribution is 2.23. The van der Waals surface area contributed by atoms with Crippen molar-refractivity contribution in [3.8, 4) is 0 Å². The average molecular weight is 215 g/mol. The van der Waals surface area contributed by atoms with E-state index >= 15 is 0 Å². The smallest absolute Gasteiger partial charge is 0.342 e. The highest BCUT2D eigenvalue weighted by Gasteiger charge is 2.19. The van der Waals surface area contributed by atoms with Crippen molar-refractivity contribution in [3.63, 3.8) is 0 Å². The van der Waals surface area contributed by atoms with Crippen molar-refractivity contribution in [1.29, 1.82) is 0 Å². The van der Waals surface area contributed by atoms with Gasteiger partial charge in [-0.15, -0.1) is 11.8 Å². The summed E-state index contributed by atoms with van der Waals surface area (Å²) >= 11 is 1.20. The molecule has 0 saturated carbocycles. The summed E-state index contributed by atoms with van der Waals surface area (Å²) in [5.41, 5.74) is -0.00676. The van der Waals surface area contributed by atoms with E-state index in [-0.39, 0.29) is 17.3 Å². The fourth-order valence-corrected chi connectivity index (χ4v) is 1.47. The molecule has 1 aromatic rings. The van der Waals surface area contributed by atoms with Gasteiger partial charge in [0.25, 0.3) is 0 Å². The number of aromatic carboxylic acids is 1. The summed E-state index contributed by atoms with van der Waals surface area (Å²) in [6.07, 6.45) is 1.71. The summed E-state index contributed by atoms with van der Waals surface area (Å²) in [7, 11) is 0. The molecule has 3 N–H and O–H groups in total. The molecule has 0 atom stereocenters. The molecular weight excluding hydrogens is 206 g/mol. The minimum absolute atomic E-state index is 0.00676. The van der Waals surface area contributed by atoms with E-state index in [1.54, 1.807) is 6.26 Å². The SMILES string of the molecule is CSc1n[nH]c(NC(C)=O)c1C(=O)O. The Labute approximate surface area is 84.1 Å². The first kappa shape index (κ1) is 10.6. The topological polar surface area (TPSA) is 95.1 Å². The number of nitrogens with one attached hydrogen (secondary N) is 2. The third-order valence-electron chi connectivity index (χ3n) is 1.44. The highest BCUT2D eigenvalue weighted by molar-refractivity contribution is 7.98. The minimum atomic E-state index is -1.12. The predicted molar refractivity (Wildman–Crippen MR) is 51.6 cm³/mol. The lowest BCUT2D eigenvalue weighted by atomic mass is 10.3. The number of hydrogen-bond acceptors (Lipinski definition) is 4. The molecule has 14 heavy (non-hydrogen) atoms. The summed E-state index contributed by atoms with van der Waals surface area (Å²) in [6, 6.07) is 0. The molecule has 1 aromatic heterocycles. The lowest BCUT2D eigenvalue weighted by Crippen LogP contribution is -2.10. The van der Waals surface area contributed by atoms with Gasteiger partial charge in [-0.1, -0.05) is 0 Å². The van der Waals surface area contributed by atoms with Gasteiger partial charge in [-0.05, 0) is 6.26 Å². The number of hydrogen-bond donors (Lipinski definition) is 3. The molecule has 0 saturated heterocycles. The van der Waals surface area contributed by atoms with Crippen LogP contribution in [-0.4, -0.2) is 33.4 Å². The molecule has 1 amide bonds. The number of carbonyl (C=O) groups is 2. The molecule has 0 aliphatic carbocycles. The molecule has 0 aromatic carbocycles. The Morgan fingerprint density at radius 2 is 2.21 bits per heavy atom. The van der Waals surface area contributed by atoms with Gasteiger partial charge < -0.3 is 10.4 Å². The Kier molecular flexibility index (Phi) is 3.13. The number of aromatic amines is 1. The first-order valence-electron chi connectivity index (χ1n) is 3.69. The fraction of sp³-hybridized carbons (Fsp3) is 0.286. The standard InChI is InChI=1S/C7H9N3O3S/c1-3(11)8-5-4(7(12)13)6(14-2)10-9-5/h1-2H3,(H,12,13)(H2,8,9,10,11). The van der Waals surface area contributed by atoms with Crippen LogP contribution in [0, 0.1) is 0 Å². The molecule has 0 spiro atoms. The Morgan fingerprint density at radius 1 is 1.57 bits per heavy atom. The van der Waals surface area contributed by atoms with Crippen LogP contribution in [0.15, 0.2) is 5.03 Å². The monoisotopic (exact) mass is 215 g/mol. The summed E-state index contributed by atoms with van der Waals surface area (Å²) in [5.74, 6) is -1.34. The van der Waals surface area contributed by atoms with Crippen LogP contribution < -0.4 is 5.32 Å². The van der Waals surface area contributed by atoms with Gasteiger partial charge in [0.1, 0.15) is 16.4 Å². The molecule has 0 unspecified atom stereocenters. The van der Waals surface area contributed by atoms with Gasteiger partial charge in [-0.3, -0.25) is 9.89 Å². The maximum Gasteiger partial charge on any atom is 0.342 e. The summed E-state index contributed by atoms with van der Waals surface area (Å²) < 4.78 is 0. The number of rotatable bonds is 3. The second kappa shape index (κ2) is 4.14. The first-order valence-corrected chi connectivity index (χ1v) is 4.92. The zero-order chi connectivity index (χ0) is 10.7. The first-order chi connectivity index (χ1) is 6.56. The lowest BCUT2D eigenvalue weighted by molar-refractivity contribution is -0.114. The van der Waals surface area contributed by atoms with Gasteiger partial charge in [0, 0.05) is 6.92 Å². The van der Waals surface area contributed by atoms with Crippen molar-refractivity contribution in [3.05, 3.63) is 5.56 Å². The van der Waals surface area contributed by atoms with Gasteiger partial charge in [0.15, 0.2) is 0 Å². The predicted octanol–water partition coefficient (Wildman–Crippen LogP) is 0.788. The van der Waals surface area contributed by atoms with Crippen molar-refractivity contribution >= 4 is 29.5 Å². The van der Waals surface area contributed by atoms with Gasteiger partial charge in [-0.25, -0.2) is 4.79 Å². The quantitative estimate of drug-likeness (QED) is 0.648. The van der Waals surface area contributed by atoms with Crippen LogP contribution >= 0.6 is 11.8 Å². The Morgan fingerprint density at radius 3 is 2.64 bits per heavy atom. The number of carboxylic acids is 1. The number of nitrogens with zero attached hydrogens (tertiary/aromatic N) is 1. The zero-order valence-corrected chi connectivity index (χ0v) is 8.44. The molecule has 1 heterocycles. The van der Waals surface area contributed by atoms with Crippen molar-refractivity contribution < 1.29 is 14.7 Å². The molecule has 0 fully saturated rings. The van der Waals surface area contributed by atoms with Crippen LogP contribution in [0.4, 0.5) is 5.82 Å². The molecule has 0 aliphatic rings. The third-order valence-corrected chi connectivity index (χ3v) is 2.12. The zero-order valence-electron chi connectivity index (χ0n) is 7.62. The average Bonchev–Trinajstić information content (AvgIpc) is 2.46. The summed E-state index contributed by atoms with van der Waals surface area (Å²) in [4.78, 5) is 21.5. The number of H-pyrrole nitrogens is 1. The van der Waals surface area contributed by atoms with Gasteiger partial charge >= 0.3 is 5.97 Å². The number of carboxylic acid groups (broad SMARTS) is 1. The number of aromatic nitrogens is 2. The van der Waals surface area contributed by atoms with E-state index in [0.717, 1.165) is 0 Å². The molecular formula is C7H9N3O3S. The summed E-state index contributed by atoms with van der Waals surface area (Å²) in [5, 5.41) is 17.8. The van der Waals surface area contributed by atoms with Crippen molar-refractivity contribution in [2.75, 3.05) is 11.6 Å². The van der Waals surface area contributed by atoms with Crippen LogP contribution in [0.3, 0.4) is 0 Å². The highest BCUT2D eigenvalue weighted by atomic mass is 32.2. The summed E-state index contributed by atoms with van der Waals surface area (Å²) in [6.45, 7) is 1.30. The molecule has 76 valence electrons. The minimum Gasteiger partial charge on any atom is -0.477 e. The van der Waals surface area contributed by atoms with Gasteiger partial charge in [0.05, 0.1) is 0 Å². The van der Waals surface area contributed by atoms with E-state index in [9.17, 15) is 9.59 Å². The number of anilines is 1. The van der Waals surface area contributed by atoms with E-state index in [0.29, 0.717) is 5.03 Å². The van der Waals surface area contributed by atoms with Crippen molar-refractivity contribution in [1.82, 2.24) is 10.2 Å². The third kappa shape index (κ3) is 2.05. The van der Waals surface area contributed by atoms with Crippen LogP contribution in [-0.2, 0) is 4.79 Å². The van der Waals surface area contributed by atoms with Crippen molar-refractivity contribution in [2.45, 2.75) is 11.9 Å². The molecule has 0 radical (unpaired) electrons. The maximum atomic E-state index is 10.8. The largest absolute Gasteiger partial charge is 0.477 e. The van der Waals surface area contributed by atoms with Gasteiger partial charge in [-0.2, -0.15) is 5.10 Å². The Balaban J connectivity index is 3.10. The molecule has 1 rings (SSSR count). The Bertz CT molecular complexity index is 374. The van der Waals surface area contributed by atoms with Crippen molar-refractivity contribution in [2.24, 2.45) is 0 Å². The lowest BCUT2D eigenvalue weighted by Gasteiger charge is -1.99. The number of carbonyl (C=O) groups excluding carboxylic acids is 1. The number of thioether (sulfide) groups is 1. The van der Waals surface area contributed by atoms with Crippen LogP contribution in [0.1, 0.15) is 17.3 Å². The number of amides is 1. The molecule has 6 nitrogen and oxygen atoms in total. The molecule has 7 heteroatoms. The van der Waals surface area contributed by atoms with E-state index in [1.165, 1.54) is 18.7 Å². The maximum absolute atomic E-state index is 10.8. The van der Waals surface area contributed by atoms with Crippen LogP contribution in [0.5, 0.6) is 0 Å². The van der Waals surface area contributed by atoms with E-state index in [1.807, 2.05) is 0 Å². The van der Waals surface area contributed by atoms with E-state index in [2.05, 4.69) is 15.5 Å². The van der Waals surface area contributed by atoms with E-state index in [4.69, 9.17) is 5.11 Å². The second-order valence-corrected chi connectivity index (χ2v) is 3.26. The Hall–Kier alpha value is -1.50. The molecule has 0 bridgehead atoms. The van der Waals surface area contributed by atoms with Crippen LogP contribution in [0.25, 0.3) is 0 Å². The second-order valence-electron chi connectivity index (χ2n) is 2.47. The van der Waals surface area contributed by atoms with E-state index < -0.39 is 5.97 Å². The van der Waals surface area contributed by atoms with Crippen LogP contribution in [0.2, 0.25) is 0 Å². The fourth-order valence-electron chi connectivity index (χ4n) is 0.938. The van der Waals surface area contributed by atoms with Gasteiger partial charge in [0.2, 0.25) is 5.91 Å². The molecule has 0 aliphatic heterocycles.